The molecule has 0 unspecified atom stereocenters. The molecule has 2 aromatic heterocycles. The van der Waals surface area contributed by atoms with E-state index in [1.165, 1.54) is 17.7 Å². The number of benzene rings is 1. The zero-order valence-corrected chi connectivity index (χ0v) is 14.2. The van der Waals surface area contributed by atoms with Gasteiger partial charge in [0.05, 0.1) is 17.1 Å². The molecule has 0 amide bonds. The van der Waals surface area contributed by atoms with E-state index in [1.54, 1.807) is 10.7 Å². The van der Waals surface area contributed by atoms with Gasteiger partial charge in [-0.3, -0.25) is 4.90 Å². The highest BCUT2D eigenvalue weighted by atomic mass is 19.1. The molecule has 0 atom stereocenters. The first-order chi connectivity index (χ1) is 12.2. The number of nitrogens with zero attached hydrogens (tertiary/aromatic N) is 5. The standard InChI is InChI=1S/C19H20FN5/c1-2-19-21-11-14-6-8-24(13-18(14)22-19)12-16-7-9-25(23-16)17-5-3-4-15(20)10-17/h3-5,7,9-11H,2,6,8,12-13H2,1H3. The van der Waals surface area contributed by atoms with Crippen molar-refractivity contribution >= 4 is 0 Å². The first kappa shape index (κ1) is 15.9. The molecule has 0 bridgehead atoms. The molecule has 128 valence electrons. The van der Waals surface area contributed by atoms with Crippen LogP contribution in [-0.2, 0) is 25.9 Å². The van der Waals surface area contributed by atoms with Crippen LogP contribution in [0.1, 0.15) is 29.7 Å². The van der Waals surface area contributed by atoms with E-state index in [1.807, 2.05) is 24.5 Å². The van der Waals surface area contributed by atoms with Crippen molar-refractivity contribution in [2.24, 2.45) is 0 Å². The smallest absolute Gasteiger partial charge is 0.128 e. The first-order valence-electron chi connectivity index (χ1n) is 8.58. The van der Waals surface area contributed by atoms with Crippen LogP contribution in [0.15, 0.2) is 42.7 Å². The molecule has 3 aromatic rings. The largest absolute Gasteiger partial charge is 0.291 e. The van der Waals surface area contributed by atoms with Gasteiger partial charge in [0.1, 0.15) is 11.6 Å². The lowest BCUT2D eigenvalue weighted by atomic mass is 10.1. The second-order valence-corrected chi connectivity index (χ2v) is 6.30. The molecule has 3 heterocycles. The fourth-order valence-electron chi connectivity index (χ4n) is 3.14. The van der Waals surface area contributed by atoms with Gasteiger partial charge in [0, 0.05) is 38.4 Å². The molecule has 1 aromatic carbocycles. The summed E-state index contributed by atoms with van der Waals surface area (Å²) in [5.41, 5.74) is 4.08. The van der Waals surface area contributed by atoms with Crippen LogP contribution in [0.25, 0.3) is 5.69 Å². The maximum Gasteiger partial charge on any atom is 0.128 e. The summed E-state index contributed by atoms with van der Waals surface area (Å²) in [7, 11) is 0. The Morgan fingerprint density at radius 1 is 1.24 bits per heavy atom. The number of fused-ring (bicyclic) bond motifs is 1. The van der Waals surface area contributed by atoms with Gasteiger partial charge in [-0.25, -0.2) is 19.0 Å². The Labute approximate surface area is 146 Å². The summed E-state index contributed by atoms with van der Waals surface area (Å²) in [6, 6.07) is 8.44. The molecule has 4 rings (SSSR count). The zero-order valence-electron chi connectivity index (χ0n) is 14.2. The van der Waals surface area contributed by atoms with E-state index in [0.717, 1.165) is 55.4 Å². The summed E-state index contributed by atoms with van der Waals surface area (Å²) < 4.78 is 15.1. The Hall–Kier alpha value is -2.60. The van der Waals surface area contributed by atoms with Gasteiger partial charge in [-0.15, -0.1) is 0 Å². The van der Waals surface area contributed by atoms with E-state index < -0.39 is 0 Å². The van der Waals surface area contributed by atoms with Gasteiger partial charge in [0.2, 0.25) is 0 Å². The minimum Gasteiger partial charge on any atom is -0.291 e. The van der Waals surface area contributed by atoms with Crippen LogP contribution in [0.2, 0.25) is 0 Å². The van der Waals surface area contributed by atoms with Gasteiger partial charge in [0.25, 0.3) is 0 Å². The summed E-state index contributed by atoms with van der Waals surface area (Å²) >= 11 is 0. The Morgan fingerprint density at radius 2 is 2.16 bits per heavy atom. The van der Waals surface area contributed by atoms with Crippen molar-refractivity contribution in [3.05, 3.63) is 71.3 Å². The summed E-state index contributed by atoms with van der Waals surface area (Å²) in [6.07, 6.45) is 5.66. The van der Waals surface area contributed by atoms with Crippen molar-refractivity contribution in [3.63, 3.8) is 0 Å². The lowest BCUT2D eigenvalue weighted by molar-refractivity contribution is 0.237. The minimum atomic E-state index is -0.256. The Morgan fingerprint density at radius 3 is 3.00 bits per heavy atom. The molecule has 0 fully saturated rings. The molecular weight excluding hydrogens is 317 g/mol. The maximum absolute atomic E-state index is 13.4. The summed E-state index contributed by atoms with van der Waals surface area (Å²) in [6.45, 7) is 4.61. The monoisotopic (exact) mass is 337 g/mol. The molecule has 0 saturated heterocycles. The number of rotatable bonds is 4. The fraction of sp³-hybridized carbons (Fsp3) is 0.316. The van der Waals surface area contributed by atoms with Crippen LogP contribution in [0.3, 0.4) is 0 Å². The molecule has 1 aliphatic heterocycles. The molecule has 0 aliphatic carbocycles. The third-order valence-corrected chi connectivity index (χ3v) is 4.49. The third kappa shape index (κ3) is 3.44. The lowest BCUT2D eigenvalue weighted by Gasteiger charge is -2.27. The van der Waals surface area contributed by atoms with E-state index >= 15 is 0 Å². The second kappa shape index (κ2) is 6.72. The van der Waals surface area contributed by atoms with Crippen LogP contribution in [0.5, 0.6) is 0 Å². The number of halogens is 1. The predicted octanol–water partition coefficient (Wildman–Crippen LogP) is 2.92. The van der Waals surface area contributed by atoms with Crippen LogP contribution in [0, 0.1) is 5.82 Å². The summed E-state index contributed by atoms with van der Waals surface area (Å²) in [5, 5.41) is 4.58. The third-order valence-electron chi connectivity index (χ3n) is 4.49. The highest BCUT2D eigenvalue weighted by molar-refractivity contribution is 5.31. The molecule has 5 nitrogen and oxygen atoms in total. The van der Waals surface area contributed by atoms with Crippen molar-refractivity contribution in [2.45, 2.75) is 32.9 Å². The van der Waals surface area contributed by atoms with Crippen molar-refractivity contribution in [3.8, 4) is 5.69 Å². The topological polar surface area (TPSA) is 46.8 Å². The Kier molecular flexibility index (Phi) is 4.28. The van der Waals surface area contributed by atoms with Crippen LogP contribution < -0.4 is 0 Å². The maximum atomic E-state index is 13.4. The van der Waals surface area contributed by atoms with Crippen molar-refractivity contribution in [1.82, 2.24) is 24.6 Å². The zero-order chi connectivity index (χ0) is 17.2. The van der Waals surface area contributed by atoms with Crippen molar-refractivity contribution in [1.29, 1.82) is 0 Å². The SMILES string of the molecule is CCc1ncc2c(n1)CN(Cc1ccn(-c3cccc(F)c3)n1)CC2. The normalized spacial score (nSPS) is 14.5. The minimum absolute atomic E-state index is 0.256. The van der Waals surface area contributed by atoms with E-state index in [9.17, 15) is 4.39 Å². The summed E-state index contributed by atoms with van der Waals surface area (Å²) in [4.78, 5) is 11.4. The summed E-state index contributed by atoms with van der Waals surface area (Å²) in [5.74, 6) is 0.643. The average molecular weight is 337 g/mol. The Bertz CT molecular complexity index is 889. The van der Waals surface area contributed by atoms with Gasteiger partial charge in [-0.1, -0.05) is 13.0 Å². The Balaban J connectivity index is 1.48. The lowest BCUT2D eigenvalue weighted by Crippen LogP contribution is -2.31. The first-order valence-corrected chi connectivity index (χ1v) is 8.58. The quantitative estimate of drug-likeness (QED) is 0.734. The highest BCUT2D eigenvalue weighted by Gasteiger charge is 2.19. The highest BCUT2D eigenvalue weighted by Crippen LogP contribution is 2.19. The van der Waals surface area contributed by atoms with Gasteiger partial charge in [-0.2, -0.15) is 5.10 Å². The van der Waals surface area contributed by atoms with E-state index in [2.05, 4.69) is 26.9 Å². The molecule has 1 aliphatic rings. The molecule has 0 spiro atoms. The van der Waals surface area contributed by atoms with Crippen LogP contribution in [0.4, 0.5) is 4.39 Å². The number of hydrogen-bond donors (Lipinski definition) is 0. The van der Waals surface area contributed by atoms with E-state index in [0.29, 0.717) is 0 Å². The van der Waals surface area contributed by atoms with E-state index in [4.69, 9.17) is 0 Å². The fourth-order valence-corrected chi connectivity index (χ4v) is 3.14. The van der Waals surface area contributed by atoms with Crippen LogP contribution in [-0.4, -0.2) is 31.2 Å². The van der Waals surface area contributed by atoms with Crippen molar-refractivity contribution in [2.75, 3.05) is 6.54 Å². The number of aryl methyl sites for hydroxylation is 1. The van der Waals surface area contributed by atoms with Crippen LogP contribution >= 0.6 is 0 Å². The molecule has 25 heavy (non-hydrogen) atoms. The number of hydrogen-bond acceptors (Lipinski definition) is 4. The van der Waals surface area contributed by atoms with Gasteiger partial charge in [-0.05, 0) is 36.2 Å². The molecule has 0 radical (unpaired) electrons. The molecule has 6 heteroatoms. The second-order valence-electron chi connectivity index (χ2n) is 6.30. The average Bonchev–Trinajstić information content (AvgIpc) is 3.09. The predicted molar refractivity (Wildman–Crippen MR) is 92.8 cm³/mol. The van der Waals surface area contributed by atoms with Crippen molar-refractivity contribution < 1.29 is 4.39 Å². The molecule has 0 N–H and O–H groups in total. The van der Waals surface area contributed by atoms with E-state index in [-0.39, 0.29) is 5.82 Å². The number of aromatic nitrogens is 4. The van der Waals surface area contributed by atoms with Gasteiger partial charge in [0.15, 0.2) is 0 Å². The van der Waals surface area contributed by atoms with Gasteiger partial charge >= 0.3 is 0 Å². The molecular formula is C19H20FN5. The van der Waals surface area contributed by atoms with Gasteiger partial charge < -0.3 is 0 Å². The molecule has 0 saturated carbocycles.